The van der Waals surface area contributed by atoms with E-state index in [-0.39, 0.29) is 0 Å². The van der Waals surface area contributed by atoms with Crippen LogP contribution >= 0.6 is 0 Å². The van der Waals surface area contributed by atoms with Crippen LogP contribution in [0, 0.1) is 0 Å². The maximum absolute atomic E-state index is 4.68. The standard InChI is InChI=1S/C18H25N5/c1-2-23(14-15-9-5-3-6-10-15)17-13-19-22-18(21-17)20-16-11-7-4-8-12-16/h3,5-6,9-10,13,16H,2,4,7-8,11-12,14H2,1H3,(H,20,21,22). The molecule has 23 heavy (non-hydrogen) atoms. The normalized spacial score (nSPS) is 15.3. The highest BCUT2D eigenvalue weighted by Gasteiger charge is 2.15. The summed E-state index contributed by atoms with van der Waals surface area (Å²) in [6.45, 7) is 3.86. The molecule has 1 aliphatic rings. The highest BCUT2D eigenvalue weighted by atomic mass is 15.3. The molecule has 0 unspecified atom stereocenters. The summed E-state index contributed by atoms with van der Waals surface area (Å²) in [7, 11) is 0. The molecular weight excluding hydrogens is 286 g/mol. The fourth-order valence-electron chi connectivity index (χ4n) is 3.10. The highest BCUT2D eigenvalue weighted by molar-refractivity contribution is 5.41. The number of nitrogens with zero attached hydrogens (tertiary/aromatic N) is 4. The van der Waals surface area contributed by atoms with E-state index in [0.29, 0.717) is 12.0 Å². The predicted molar refractivity (Wildman–Crippen MR) is 93.5 cm³/mol. The van der Waals surface area contributed by atoms with Crippen molar-refractivity contribution in [2.45, 2.75) is 51.6 Å². The van der Waals surface area contributed by atoms with Gasteiger partial charge in [-0.25, -0.2) is 0 Å². The van der Waals surface area contributed by atoms with Gasteiger partial charge in [0.15, 0.2) is 5.82 Å². The van der Waals surface area contributed by atoms with E-state index in [4.69, 9.17) is 0 Å². The van der Waals surface area contributed by atoms with E-state index in [1.807, 2.05) is 6.07 Å². The number of hydrogen-bond acceptors (Lipinski definition) is 5. The molecule has 1 aromatic carbocycles. The van der Waals surface area contributed by atoms with Crippen LogP contribution < -0.4 is 10.2 Å². The Morgan fingerprint density at radius 1 is 1.13 bits per heavy atom. The minimum Gasteiger partial charge on any atom is -0.351 e. The molecule has 122 valence electrons. The summed E-state index contributed by atoms with van der Waals surface area (Å²) in [5.41, 5.74) is 1.27. The lowest BCUT2D eigenvalue weighted by Crippen LogP contribution is -2.26. The van der Waals surface area contributed by atoms with Gasteiger partial charge in [-0.15, -0.1) is 5.10 Å². The quantitative estimate of drug-likeness (QED) is 0.882. The van der Waals surface area contributed by atoms with Crippen LogP contribution in [0.4, 0.5) is 11.8 Å². The van der Waals surface area contributed by atoms with Crippen LogP contribution in [-0.2, 0) is 6.54 Å². The Kier molecular flexibility index (Phi) is 5.40. The van der Waals surface area contributed by atoms with Crippen molar-refractivity contribution in [1.29, 1.82) is 0 Å². The molecule has 0 spiro atoms. The smallest absolute Gasteiger partial charge is 0.244 e. The van der Waals surface area contributed by atoms with Gasteiger partial charge in [0.25, 0.3) is 0 Å². The summed E-state index contributed by atoms with van der Waals surface area (Å²) < 4.78 is 0. The Morgan fingerprint density at radius 3 is 2.65 bits per heavy atom. The van der Waals surface area contributed by atoms with Crippen LogP contribution in [0.3, 0.4) is 0 Å². The maximum atomic E-state index is 4.68. The van der Waals surface area contributed by atoms with Gasteiger partial charge >= 0.3 is 0 Å². The van der Waals surface area contributed by atoms with Crippen LogP contribution in [-0.4, -0.2) is 27.8 Å². The van der Waals surface area contributed by atoms with E-state index in [9.17, 15) is 0 Å². The zero-order valence-electron chi connectivity index (χ0n) is 13.8. The van der Waals surface area contributed by atoms with Crippen molar-refractivity contribution in [3.05, 3.63) is 42.1 Å². The molecule has 1 aromatic heterocycles. The van der Waals surface area contributed by atoms with Gasteiger partial charge in [-0.05, 0) is 25.3 Å². The Morgan fingerprint density at radius 2 is 1.91 bits per heavy atom. The molecule has 1 heterocycles. The zero-order chi connectivity index (χ0) is 15.9. The molecule has 1 fully saturated rings. The van der Waals surface area contributed by atoms with Crippen molar-refractivity contribution < 1.29 is 0 Å². The van der Waals surface area contributed by atoms with Crippen LogP contribution in [0.15, 0.2) is 36.5 Å². The Balaban J connectivity index is 1.69. The molecule has 0 atom stereocenters. The van der Waals surface area contributed by atoms with Gasteiger partial charge in [0.1, 0.15) is 0 Å². The molecule has 0 bridgehead atoms. The van der Waals surface area contributed by atoms with E-state index in [1.54, 1.807) is 6.20 Å². The first-order chi connectivity index (χ1) is 11.3. The third-order valence-corrected chi connectivity index (χ3v) is 4.41. The minimum absolute atomic E-state index is 0.491. The summed E-state index contributed by atoms with van der Waals surface area (Å²) in [5.74, 6) is 1.53. The highest BCUT2D eigenvalue weighted by Crippen LogP contribution is 2.21. The first-order valence-electron chi connectivity index (χ1n) is 8.60. The van der Waals surface area contributed by atoms with Crippen LogP contribution in [0.1, 0.15) is 44.6 Å². The Bertz CT molecular complexity index is 595. The van der Waals surface area contributed by atoms with E-state index in [1.165, 1.54) is 37.7 Å². The molecular formula is C18H25N5. The summed E-state index contributed by atoms with van der Waals surface area (Å²) in [4.78, 5) is 6.89. The molecule has 5 heteroatoms. The largest absolute Gasteiger partial charge is 0.351 e. The predicted octanol–water partition coefficient (Wildman–Crippen LogP) is 3.64. The van der Waals surface area contributed by atoms with Gasteiger partial charge in [-0.2, -0.15) is 10.1 Å². The number of rotatable bonds is 6. The summed E-state index contributed by atoms with van der Waals surface area (Å²) in [5, 5.41) is 11.8. The molecule has 5 nitrogen and oxygen atoms in total. The van der Waals surface area contributed by atoms with Crippen LogP contribution in [0.5, 0.6) is 0 Å². The van der Waals surface area contributed by atoms with Gasteiger partial charge in [0.05, 0.1) is 6.20 Å². The van der Waals surface area contributed by atoms with E-state index in [2.05, 4.69) is 56.6 Å². The molecule has 3 rings (SSSR count). The van der Waals surface area contributed by atoms with E-state index in [0.717, 1.165) is 18.9 Å². The summed E-state index contributed by atoms with van der Waals surface area (Å²) in [6.07, 6.45) is 8.08. The lowest BCUT2D eigenvalue weighted by molar-refractivity contribution is 0.460. The van der Waals surface area contributed by atoms with Crippen LogP contribution in [0.2, 0.25) is 0 Å². The molecule has 0 saturated heterocycles. The van der Waals surface area contributed by atoms with Gasteiger partial charge in [-0.3, -0.25) is 0 Å². The molecule has 0 radical (unpaired) electrons. The number of aromatic nitrogens is 3. The summed E-state index contributed by atoms with van der Waals surface area (Å²) >= 11 is 0. The molecule has 1 aliphatic carbocycles. The van der Waals surface area contributed by atoms with Crippen molar-refractivity contribution in [3.8, 4) is 0 Å². The number of nitrogens with one attached hydrogen (secondary N) is 1. The number of hydrogen-bond donors (Lipinski definition) is 1. The SMILES string of the molecule is CCN(Cc1ccccc1)c1cnnc(NC2CCCCC2)n1. The van der Waals surface area contributed by atoms with Crippen molar-refractivity contribution in [3.63, 3.8) is 0 Å². The average molecular weight is 311 g/mol. The first kappa shape index (κ1) is 15.7. The second-order valence-electron chi connectivity index (χ2n) is 6.12. The molecule has 0 aliphatic heterocycles. The van der Waals surface area contributed by atoms with Crippen molar-refractivity contribution in [1.82, 2.24) is 15.2 Å². The van der Waals surface area contributed by atoms with E-state index >= 15 is 0 Å². The molecule has 1 N–H and O–H groups in total. The van der Waals surface area contributed by atoms with Gasteiger partial charge in [-0.1, -0.05) is 49.6 Å². The topological polar surface area (TPSA) is 53.9 Å². The van der Waals surface area contributed by atoms with Crippen molar-refractivity contribution in [2.24, 2.45) is 0 Å². The van der Waals surface area contributed by atoms with Gasteiger partial charge < -0.3 is 10.2 Å². The number of benzene rings is 1. The van der Waals surface area contributed by atoms with Crippen molar-refractivity contribution >= 4 is 11.8 Å². The second-order valence-corrected chi connectivity index (χ2v) is 6.12. The first-order valence-corrected chi connectivity index (χ1v) is 8.60. The monoisotopic (exact) mass is 311 g/mol. The minimum atomic E-state index is 0.491. The van der Waals surface area contributed by atoms with Crippen molar-refractivity contribution in [2.75, 3.05) is 16.8 Å². The molecule has 1 saturated carbocycles. The summed E-state index contributed by atoms with van der Waals surface area (Å²) in [6, 6.07) is 10.9. The second kappa shape index (κ2) is 7.90. The third kappa shape index (κ3) is 4.41. The molecule has 0 amide bonds. The lowest BCUT2D eigenvalue weighted by Gasteiger charge is -2.24. The Hall–Kier alpha value is -2.17. The van der Waals surface area contributed by atoms with E-state index < -0.39 is 0 Å². The number of anilines is 2. The fourth-order valence-corrected chi connectivity index (χ4v) is 3.10. The third-order valence-electron chi connectivity index (χ3n) is 4.41. The van der Waals surface area contributed by atoms with Gasteiger partial charge in [0.2, 0.25) is 5.95 Å². The maximum Gasteiger partial charge on any atom is 0.244 e. The lowest BCUT2D eigenvalue weighted by atomic mass is 9.96. The average Bonchev–Trinajstić information content (AvgIpc) is 2.62. The fraction of sp³-hybridized carbons (Fsp3) is 0.500. The molecule has 2 aromatic rings. The van der Waals surface area contributed by atoms with Gasteiger partial charge in [0, 0.05) is 19.1 Å². The van der Waals surface area contributed by atoms with Crippen LogP contribution in [0.25, 0.3) is 0 Å². The zero-order valence-corrected chi connectivity index (χ0v) is 13.8. The Labute approximate surface area is 138 Å².